The van der Waals surface area contributed by atoms with Crippen LogP contribution < -0.4 is 0 Å². The summed E-state index contributed by atoms with van der Waals surface area (Å²) in [4.78, 5) is 0. The van der Waals surface area contributed by atoms with Crippen molar-refractivity contribution in [3.05, 3.63) is 0 Å². The van der Waals surface area contributed by atoms with E-state index < -0.39 is 0 Å². The summed E-state index contributed by atoms with van der Waals surface area (Å²) in [7, 11) is 0. The maximum atomic E-state index is 5.87. The van der Waals surface area contributed by atoms with E-state index in [2.05, 4.69) is 0 Å². The molecule has 2 aliphatic rings. The first-order chi connectivity index (χ1) is 3.73. The zero-order valence-electron chi connectivity index (χ0n) is 4.53. The molecule has 2 heteroatoms. The highest BCUT2D eigenvalue weighted by molar-refractivity contribution is 6.51. The molecule has 0 aliphatic heterocycles. The molecule has 0 aromatic heterocycles. The van der Waals surface area contributed by atoms with Crippen molar-refractivity contribution in [3.63, 3.8) is 0 Å². The van der Waals surface area contributed by atoms with E-state index in [-0.39, 0.29) is 4.33 Å². The smallest absolute Gasteiger partial charge is 0.101 e. The molecule has 0 unspecified atom stereocenters. The van der Waals surface area contributed by atoms with Crippen LogP contribution in [0.4, 0.5) is 0 Å². The Labute approximate surface area is 59.2 Å². The van der Waals surface area contributed by atoms with Crippen LogP contribution in [0.5, 0.6) is 0 Å². The third kappa shape index (κ3) is 0.484. The van der Waals surface area contributed by atoms with Crippen LogP contribution in [0.15, 0.2) is 0 Å². The second-order valence-corrected chi connectivity index (χ2v) is 4.26. The lowest BCUT2D eigenvalue weighted by molar-refractivity contribution is 0.715. The van der Waals surface area contributed by atoms with Crippen LogP contribution in [0.1, 0.15) is 19.3 Å². The molecule has 0 saturated heterocycles. The number of alkyl halides is 2. The van der Waals surface area contributed by atoms with Gasteiger partial charge in [-0.15, -0.1) is 23.2 Å². The van der Waals surface area contributed by atoms with Gasteiger partial charge < -0.3 is 0 Å². The molecular weight excluding hydrogens is 143 g/mol. The maximum absolute atomic E-state index is 5.87. The van der Waals surface area contributed by atoms with Crippen LogP contribution in [0.25, 0.3) is 0 Å². The molecular formula is C6H8Cl2. The maximum Gasteiger partial charge on any atom is 0.124 e. The SMILES string of the molecule is ClC1(Cl)[C@@H]2CCC[C@@H]21. The molecule has 2 rings (SSSR count). The second-order valence-electron chi connectivity index (χ2n) is 2.82. The Kier molecular flexibility index (Phi) is 0.908. The summed E-state index contributed by atoms with van der Waals surface area (Å²) in [6, 6.07) is 0. The Balaban J connectivity index is 2.13. The highest BCUT2D eigenvalue weighted by Gasteiger charge is 2.64. The molecule has 2 aliphatic carbocycles. The van der Waals surface area contributed by atoms with Crippen LogP contribution in [0, 0.1) is 11.8 Å². The van der Waals surface area contributed by atoms with Gasteiger partial charge in [-0.05, 0) is 24.7 Å². The van der Waals surface area contributed by atoms with Gasteiger partial charge in [-0.2, -0.15) is 0 Å². The predicted molar refractivity (Wildman–Crippen MR) is 35.3 cm³/mol. The first-order valence-corrected chi connectivity index (χ1v) is 3.86. The summed E-state index contributed by atoms with van der Waals surface area (Å²) >= 11 is 11.7. The van der Waals surface area contributed by atoms with Gasteiger partial charge in [-0.25, -0.2) is 0 Å². The van der Waals surface area contributed by atoms with Gasteiger partial charge in [-0.3, -0.25) is 0 Å². The van der Waals surface area contributed by atoms with Crippen LogP contribution in [0.3, 0.4) is 0 Å². The number of hydrogen-bond acceptors (Lipinski definition) is 0. The molecule has 0 nitrogen and oxygen atoms in total. The van der Waals surface area contributed by atoms with E-state index in [9.17, 15) is 0 Å². The highest BCUT2D eigenvalue weighted by atomic mass is 35.5. The molecule has 0 spiro atoms. The van der Waals surface area contributed by atoms with Gasteiger partial charge >= 0.3 is 0 Å². The Hall–Kier alpha value is 0.580. The normalized spacial score (nSPS) is 48.8. The van der Waals surface area contributed by atoms with Crippen molar-refractivity contribution in [2.45, 2.75) is 23.6 Å². The largest absolute Gasteiger partial charge is 0.124 e. The van der Waals surface area contributed by atoms with Crippen molar-refractivity contribution in [2.24, 2.45) is 11.8 Å². The Morgan fingerprint density at radius 2 is 1.62 bits per heavy atom. The van der Waals surface area contributed by atoms with Gasteiger partial charge in [0.2, 0.25) is 0 Å². The zero-order chi connectivity index (χ0) is 5.78. The number of rotatable bonds is 0. The third-order valence-corrected chi connectivity index (χ3v) is 3.52. The lowest BCUT2D eigenvalue weighted by Crippen LogP contribution is -1.94. The Bertz CT molecular complexity index is 108. The average molecular weight is 151 g/mol. The van der Waals surface area contributed by atoms with Crippen LogP contribution in [0.2, 0.25) is 0 Å². The standard InChI is InChI=1S/C6H8Cl2/c7-6(8)4-2-1-3-5(4)6/h4-5H,1-3H2/t4-,5+. The van der Waals surface area contributed by atoms with Gasteiger partial charge in [0.25, 0.3) is 0 Å². The molecule has 0 heterocycles. The van der Waals surface area contributed by atoms with E-state index in [1.807, 2.05) is 0 Å². The molecule has 0 N–H and O–H groups in total. The third-order valence-electron chi connectivity index (χ3n) is 2.40. The average Bonchev–Trinajstić information content (AvgIpc) is 2.22. The topological polar surface area (TPSA) is 0 Å². The molecule has 2 fully saturated rings. The predicted octanol–water partition coefficient (Wildman–Crippen LogP) is 2.59. The second kappa shape index (κ2) is 1.35. The van der Waals surface area contributed by atoms with E-state index in [0.29, 0.717) is 11.8 Å². The summed E-state index contributed by atoms with van der Waals surface area (Å²) in [5.74, 6) is 1.32. The summed E-state index contributed by atoms with van der Waals surface area (Å²) in [5.41, 5.74) is 0. The van der Waals surface area contributed by atoms with E-state index in [1.165, 1.54) is 19.3 Å². The Morgan fingerprint density at radius 3 is 1.88 bits per heavy atom. The lowest BCUT2D eigenvalue weighted by atomic mass is 10.2. The van der Waals surface area contributed by atoms with Gasteiger partial charge in [-0.1, -0.05) is 6.42 Å². The van der Waals surface area contributed by atoms with Gasteiger partial charge in [0.1, 0.15) is 4.33 Å². The molecule has 2 atom stereocenters. The first kappa shape index (κ1) is 5.37. The quantitative estimate of drug-likeness (QED) is 0.466. The molecule has 46 valence electrons. The number of hydrogen-bond donors (Lipinski definition) is 0. The molecule has 8 heavy (non-hydrogen) atoms. The van der Waals surface area contributed by atoms with Crippen molar-refractivity contribution in [1.29, 1.82) is 0 Å². The fraction of sp³-hybridized carbons (Fsp3) is 1.00. The van der Waals surface area contributed by atoms with E-state index in [4.69, 9.17) is 23.2 Å². The van der Waals surface area contributed by atoms with Crippen LogP contribution >= 0.6 is 23.2 Å². The van der Waals surface area contributed by atoms with Crippen molar-refractivity contribution in [2.75, 3.05) is 0 Å². The van der Waals surface area contributed by atoms with Crippen molar-refractivity contribution in [1.82, 2.24) is 0 Å². The van der Waals surface area contributed by atoms with Crippen molar-refractivity contribution in [3.8, 4) is 0 Å². The van der Waals surface area contributed by atoms with Crippen LogP contribution in [-0.4, -0.2) is 4.33 Å². The van der Waals surface area contributed by atoms with E-state index in [0.717, 1.165) is 0 Å². The molecule has 0 aromatic carbocycles. The Morgan fingerprint density at radius 1 is 1.12 bits per heavy atom. The summed E-state index contributed by atoms with van der Waals surface area (Å²) in [5, 5.41) is 0. The van der Waals surface area contributed by atoms with Gasteiger partial charge in [0, 0.05) is 0 Å². The molecule has 0 bridgehead atoms. The summed E-state index contributed by atoms with van der Waals surface area (Å²) in [6.07, 6.45) is 3.87. The zero-order valence-corrected chi connectivity index (χ0v) is 6.04. The fourth-order valence-corrected chi connectivity index (χ4v) is 2.72. The summed E-state index contributed by atoms with van der Waals surface area (Å²) in [6.45, 7) is 0. The van der Waals surface area contributed by atoms with E-state index >= 15 is 0 Å². The lowest BCUT2D eigenvalue weighted by Gasteiger charge is -1.99. The highest BCUT2D eigenvalue weighted by Crippen LogP contribution is 2.66. The molecule has 0 aromatic rings. The fourth-order valence-electron chi connectivity index (χ4n) is 1.81. The summed E-state index contributed by atoms with van der Waals surface area (Å²) < 4.78 is -0.293. The minimum atomic E-state index is -0.293. The minimum absolute atomic E-state index is 0.293. The number of fused-ring (bicyclic) bond motifs is 1. The molecule has 0 amide bonds. The molecule has 0 radical (unpaired) electrons. The van der Waals surface area contributed by atoms with Crippen molar-refractivity contribution < 1.29 is 0 Å². The van der Waals surface area contributed by atoms with Crippen molar-refractivity contribution >= 4 is 23.2 Å². The van der Waals surface area contributed by atoms with Gasteiger partial charge in [0.15, 0.2) is 0 Å². The monoisotopic (exact) mass is 150 g/mol. The van der Waals surface area contributed by atoms with Gasteiger partial charge in [0.05, 0.1) is 0 Å². The minimum Gasteiger partial charge on any atom is -0.101 e. The number of halogens is 2. The van der Waals surface area contributed by atoms with Crippen LogP contribution in [-0.2, 0) is 0 Å². The molecule has 2 saturated carbocycles. The first-order valence-electron chi connectivity index (χ1n) is 3.11. The van der Waals surface area contributed by atoms with E-state index in [1.54, 1.807) is 0 Å².